The van der Waals surface area contributed by atoms with Crippen LogP contribution in [-0.4, -0.2) is 20.6 Å². The van der Waals surface area contributed by atoms with Crippen molar-refractivity contribution in [2.45, 2.75) is 32.1 Å². The highest BCUT2D eigenvalue weighted by atomic mass is 32.2. The molecule has 0 saturated carbocycles. The summed E-state index contributed by atoms with van der Waals surface area (Å²) in [5.41, 5.74) is 2.01. The molecule has 0 aliphatic rings. The van der Waals surface area contributed by atoms with Crippen molar-refractivity contribution in [3.05, 3.63) is 41.5 Å². The van der Waals surface area contributed by atoms with Crippen LogP contribution in [0.5, 0.6) is 0 Å². The van der Waals surface area contributed by atoms with Crippen LogP contribution < -0.4 is 5.32 Å². The van der Waals surface area contributed by atoms with Crippen LogP contribution in [0.1, 0.15) is 37.0 Å². The minimum absolute atomic E-state index is 0.235. The fraction of sp³-hybridized carbons (Fsp3) is 0.429. The molecule has 1 aromatic heterocycles. The fourth-order valence-corrected chi connectivity index (χ4v) is 2.41. The minimum atomic E-state index is -0.834. The number of hydrogen-bond acceptors (Lipinski definition) is 5. The van der Waals surface area contributed by atoms with Gasteiger partial charge in [-0.15, -0.1) is 0 Å². The third kappa shape index (κ3) is 4.16. The maximum Gasteiger partial charge on any atom is 0.229 e. The van der Waals surface area contributed by atoms with Gasteiger partial charge in [0.1, 0.15) is 0 Å². The largest absolute Gasteiger partial charge is 0.378 e. The second-order valence-electron chi connectivity index (χ2n) is 4.98. The zero-order chi connectivity index (χ0) is 14.5. The van der Waals surface area contributed by atoms with Crippen LogP contribution in [0.3, 0.4) is 0 Å². The zero-order valence-corrected chi connectivity index (χ0v) is 12.7. The molecular weight excluding hydrogens is 274 g/mol. The molecule has 1 N–H and O–H groups in total. The van der Waals surface area contributed by atoms with E-state index < -0.39 is 10.8 Å². The van der Waals surface area contributed by atoms with E-state index in [0.29, 0.717) is 24.0 Å². The van der Waals surface area contributed by atoms with Crippen molar-refractivity contribution in [1.29, 1.82) is 0 Å². The van der Waals surface area contributed by atoms with E-state index in [-0.39, 0.29) is 5.92 Å². The monoisotopic (exact) mass is 293 g/mol. The Morgan fingerprint density at radius 1 is 1.40 bits per heavy atom. The number of nitrogens with one attached hydrogen (secondary N) is 1. The first-order chi connectivity index (χ1) is 9.54. The number of aromatic nitrogens is 2. The van der Waals surface area contributed by atoms with Gasteiger partial charge in [-0.3, -0.25) is 4.21 Å². The highest BCUT2D eigenvalue weighted by molar-refractivity contribution is 7.83. The number of nitrogens with zero attached hydrogens (tertiary/aromatic N) is 2. The molecular formula is C14H19N3O2S. The summed E-state index contributed by atoms with van der Waals surface area (Å²) < 4.78 is 16.4. The van der Waals surface area contributed by atoms with Gasteiger partial charge in [-0.05, 0) is 17.7 Å². The van der Waals surface area contributed by atoms with Crippen molar-refractivity contribution < 1.29 is 8.73 Å². The molecule has 0 bridgehead atoms. The molecule has 0 unspecified atom stereocenters. The quantitative estimate of drug-likeness (QED) is 0.887. The van der Waals surface area contributed by atoms with E-state index in [1.165, 1.54) is 0 Å². The minimum Gasteiger partial charge on any atom is -0.378 e. The van der Waals surface area contributed by atoms with Gasteiger partial charge in [0.25, 0.3) is 0 Å². The van der Waals surface area contributed by atoms with Gasteiger partial charge in [0.15, 0.2) is 5.82 Å². The Morgan fingerprint density at radius 2 is 2.20 bits per heavy atom. The van der Waals surface area contributed by atoms with Gasteiger partial charge in [-0.25, -0.2) is 0 Å². The molecule has 0 amide bonds. The summed E-state index contributed by atoms with van der Waals surface area (Å²) in [6.07, 6.45) is 1.70. The number of anilines is 1. The first-order valence-electron chi connectivity index (χ1n) is 6.50. The molecule has 0 aliphatic heterocycles. The summed E-state index contributed by atoms with van der Waals surface area (Å²) in [5.74, 6) is 2.09. The van der Waals surface area contributed by atoms with Crippen LogP contribution in [0.4, 0.5) is 5.69 Å². The molecule has 0 aliphatic carbocycles. The van der Waals surface area contributed by atoms with Crippen LogP contribution >= 0.6 is 0 Å². The van der Waals surface area contributed by atoms with E-state index in [4.69, 9.17) is 4.52 Å². The van der Waals surface area contributed by atoms with Gasteiger partial charge in [0.2, 0.25) is 5.89 Å². The average molecular weight is 293 g/mol. The summed E-state index contributed by atoms with van der Waals surface area (Å²) in [5, 5.41) is 7.17. The third-order valence-corrected chi connectivity index (χ3v) is 3.47. The summed E-state index contributed by atoms with van der Waals surface area (Å²) >= 11 is 0. The molecule has 108 valence electrons. The maximum absolute atomic E-state index is 11.2. The van der Waals surface area contributed by atoms with Crippen molar-refractivity contribution in [1.82, 2.24) is 10.1 Å². The Hall–Kier alpha value is -1.69. The second-order valence-corrected chi connectivity index (χ2v) is 6.41. The van der Waals surface area contributed by atoms with E-state index in [2.05, 4.69) is 15.5 Å². The predicted octanol–water partition coefficient (Wildman–Crippen LogP) is 2.68. The standard InChI is InChI=1S/C14H19N3O2S/c1-10(2)14-16-13(17-19-14)8-15-12-6-4-5-11(7-12)9-20(3)18/h4-7,10,15H,8-9H2,1-3H3/t20-/m0/s1. The summed E-state index contributed by atoms with van der Waals surface area (Å²) in [4.78, 5) is 4.31. The summed E-state index contributed by atoms with van der Waals surface area (Å²) in [7, 11) is -0.834. The number of hydrogen-bond donors (Lipinski definition) is 1. The van der Waals surface area contributed by atoms with E-state index in [1.807, 2.05) is 38.1 Å². The summed E-state index contributed by atoms with van der Waals surface area (Å²) in [6.45, 7) is 4.53. The highest BCUT2D eigenvalue weighted by Crippen LogP contribution is 2.14. The average Bonchev–Trinajstić information content (AvgIpc) is 2.85. The smallest absolute Gasteiger partial charge is 0.229 e. The normalized spacial score (nSPS) is 12.6. The Bertz CT molecular complexity index is 596. The Labute approximate surface area is 121 Å². The van der Waals surface area contributed by atoms with Gasteiger partial charge in [0.05, 0.1) is 6.54 Å². The van der Waals surface area contributed by atoms with Gasteiger partial charge < -0.3 is 9.84 Å². The molecule has 2 aromatic rings. The lowest BCUT2D eigenvalue weighted by molar-refractivity contribution is 0.361. The van der Waals surface area contributed by atoms with E-state index in [9.17, 15) is 4.21 Å². The lowest BCUT2D eigenvalue weighted by Gasteiger charge is -2.05. The molecule has 0 saturated heterocycles. The van der Waals surface area contributed by atoms with E-state index in [1.54, 1.807) is 6.26 Å². The first-order valence-corrected chi connectivity index (χ1v) is 8.22. The molecule has 20 heavy (non-hydrogen) atoms. The first kappa shape index (κ1) is 14.7. The molecule has 5 nitrogen and oxygen atoms in total. The van der Waals surface area contributed by atoms with Crippen LogP contribution in [0, 0.1) is 0 Å². The number of rotatable bonds is 6. The van der Waals surface area contributed by atoms with Gasteiger partial charge >= 0.3 is 0 Å². The molecule has 1 atom stereocenters. The fourth-order valence-electron chi connectivity index (χ4n) is 1.76. The number of benzene rings is 1. The summed E-state index contributed by atoms with van der Waals surface area (Å²) in [6, 6.07) is 7.87. The predicted molar refractivity (Wildman–Crippen MR) is 79.9 cm³/mol. The van der Waals surface area contributed by atoms with Crippen LogP contribution in [0.15, 0.2) is 28.8 Å². The van der Waals surface area contributed by atoms with Crippen molar-refractivity contribution in [2.24, 2.45) is 0 Å². The third-order valence-electron chi connectivity index (χ3n) is 2.73. The molecule has 0 fully saturated rings. The van der Waals surface area contributed by atoms with Crippen molar-refractivity contribution in [3.8, 4) is 0 Å². The molecule has 1 heterocycles. The lowest BCUT2D eigenvalue weighted by atomic mass is 10.2. The van der Waals surface area contributed by atoms with Crippen LogP contribution in [0.25, 0.3) is 0 Å². The van der Waals surface area contributed by atoms with Gasteiger partial charge in [0, 0.05) is 34.4 Å². The topological polar surface area (TPSA) is 68.0 Å². The lowest BCUT2D eigenvalue weighted by Crippen LogP contribution is -2.02. The zero-order valence-electron chi connectivity index (χ0n) is 11.9. The molecule has 1 aromatic carbocycles. The van der Waals surface area contributed by atoms with Crippen molar-refractivity contribution >= 4 is 16.5 Å². The van der Waals surface area contributed by atoms with Crippen LogP contribution in [-0.2, 0) is 23.1 Å². The highest BCUT2D eigenvalue weighted by Gasteiger charge is 2.09. The van der Waals surface area contributed by atoms with E-state index >= 15 is 0 Å². The molecule has 6 heteroatoms. The SMILES string of the molecule is CC(C)c1nc(CNc2cccc(C[S@](C)=O)c2)no1. The molecule has 2 rings (SSSR count). The Morgan fingerprint density at radius 3 is 2.85 bits per heavy atom. The molecule has 0 spiro atoms. The van der Waals surface area contributed by atoms with Crippen molar-refractivity contribution in [2.75, 3.05) is 11.6 Å². The Balaban J connectivity index is 1.97. The second kappa shape index (κ2) is 6.65. The van der Waals surface area contributed by atoms with Crippen molar-refractivity contribution in [3.63, 3.8) is 0 Å². The molecule has 0 radical (unpaired) electrons. The van der Waals surface area contributed by atoms with E-state index in [0.717, 1.165) is 11.3 Å². The van der Waals surface area contributed by atoms with Gasteiger partial charge in [-0.2, -0.15) is 4.98 Å². The maximum atomic E-state index is 11.2. The van der Waals surface area contributed by atoms with Gasteiger partial charge in [-0.1, -0.05) is 31.1 Å². The van der Waals surface area contributed by atoms with Crippen LogP contribution in [0.2, 0.25) is 0 Å². The Kier molecular flexibility index (Phi) is 4.89.